The minimum Gasteiger partial charge on any atom is -0.368 e. The van der Waals surface area contributed by atoms with E-state index in [1.807, 2.05) is 48.5 Å². The molecule has 2 aliphatic rings. The molecule has 1 saturated heterocycles. The summed E-state index contributed by atoms with van der Waals surface area (Å²) in [5.74, 6) is -0.275. The molecule has 1 amide bonds. The third-order valence-corrected chi connectivity index (χ3v) is 6.46. The highest BCUT2D eigenvalue weighted by Crippen LogP contribution is 2.37. The summed E-state index contributed by atoms with van der Waals surface area (Å²) in [5, 5.41) is 3.16. The van der Waals surface area contributed by atoms with Crippen LogP contribution in [0, 0.1) is 11.7 Å². The van der Waals surface area contributed by atoms with Crippen molar-refractivity contribution in [3.8, 4) is 0 Å². The third-order valence-electron chi connectivity index (χ3n) is 6.46. The monoisotopic (exact) mass is 415 g/mol. The van der Waals surface area contributed by atoms with E-state index < -0.39 is 0 Å². The second-order valence-electron chi connectivity index (χ2n) is 8.33. The van der Waals surface area contributed by atoms with Crippen LogP contribution in [0.25, 0.3) is 0 Å². The number of nitrogens with one attached hydrogen (secondary N) is 1. The normalized spacial score (nSPS) is 20.0. The lowest BCUT2D eigenvalue weighted by molar-refractivity contribution is -0.126. The third kappa shape index (κ3) is 4.00. The van der Waals surface area contributed by atoms with Gasteiger partial charge in [0, 0.05) is 37.6 Å². The number of rotatable bonds is 4. The summed E-state index contributed by atoms with van der Waals surface area (Å²) in [7, 11) is 0. The lowest BCUT2D eigenvalue weighted by Gasteiger charge is -2.49. The van der Waals surface area contributed by atoms with Gasteiger partial charge in [-0.2, -0.15) is 0 Å². The number of carbonyl (C=O) groups is 1. The Morgan fingerprint density at radius 2 is 1.68 bits per heavy atom. The fourth-order valence-electron chi connectivity index (χ4n) is 4.86. The minimum atomic E-state index is -0.229. The van der Waals surface area contributed by atoms with E-state index >= 15 is 0 Å². The molecule has 2 atom stereocenters. The predicted octanol–water partition coefficient (Wildman–Crippen LogP) is 4.01. The zero-order valence-corrected chi connectivity index (χ0v) is 17.4. The lowest BCUT2D eigenvalue weighted by atomic mass is 9.83. The van der Waals surface area contributed by atoms with E-state index in [1.54, 1.807) is 0 Å². The van der Waals surface area contributed by atoms with Crippen molar-refractivity contribution in [2.75, 3.05) is 29.4 Å². The Kier molecular flexibility index (Phi) is 5.33. The van der Waals surface area contributed by atoms with Crippen LogP contribution in [0.4, 0.5) is 15.8 Å². The number of piperazine rings is 1. The molecule has 1 N–H and O–H groups in total. The Morgan fingerprint density at radius 3 is 2.48 bits per heavy atom. The summed E-state index contributed by atoms with van der Waals surface area (Å²) < 4.78 is 13.4. The molecular formula is C26H26FN3O. The van der Waals surface area contributed by atoms with Crippen LogP contribution in [0.5, 0.6) is 0 Å². The van der Waals surface area contributed by atoms with Gasteiger partial charge in [0.05, 0.1) is 12.0 Å². The van der Waals surface area contributed by atoms with Gasteiger partial charge in [0.2, 0.25) is 5.91 Å². The zero-order chi connectivity index (χ0) is 21.2. The zero-order valence-electron chi connectivity index (χ0n) is 17.4. The van der Waals surface area contributed by atoms with E-state index in [-0.39, 0.29) is 23.7 Å². The van der Waals surface area contributed by atoms with E-state index in [1.165, 1.54) is 23.4 Å². The van der Waals surface area contributed by atoms with Gasteiger partial charge < -0.3 is 15.1 Å². The van der Waals surface area contributed by atoms with Crippen LogP contribution in [-0.2, 0) is 17.8 Å². The molecular weight excluding hydrogens is 389 g/mol. The highest BCUT2D eigenvalue weighted by molar-refractivity contribution is 5.82. The van der Waals surface area contributed by atoms with E-state index in [0.717, 1.165) is 37.3 Å². The van der Waals surface area contributed by atoms with Crippen molar-refractivity contribution >= 4 is 17.3 Å². The van der Waals surface area contributed by atoms with Crippen LogP contribution in [0.3, 0.4) is 0 Å². The van der Waals surface area contributed by atoms with Gasteiger partial charge in [0.25, 0.3) is 0 Å². The van der Waals surface area contributed by atoms with Crippen molar-refractivity contribution in [3.63, 3.8) is 0 Å². The molecule has 4 nitrogen and oxygen atoms in total. The van der Waals surface area contributed by atoms with Crippen LogP contribution >= 0.6 is 0 Å². The quantitative estimate of drug-likeness (QED) is 0.699. The highest BCUT2D eigenvalue weighted by atomic mass is 19.1. The fourth-order valence-corrected chi connectivity index (χ4v) is 4.86. The Bertz CT molecular complexity index is 1050. The van der Waals surface area contributed by atoms with Gasteiger partial charge in [-0.1, -0.05) is 48.5 Å². The second kappa shape index (κ2) is 8.42. The Hall–Kier alpha value is -3.34. The number of fused-ring (bicyclic) bond motifs is 3. The molecule has 0 spiro atoms. The number of anilines is 2. The van der Waals surface area contributed by atoms with Gasteiger partial charge in [-0.05, 0) is 47.9 Å². The van der Waals surface area contributed by atoms with E-state index in [9.17, 15) is 9.18 Å². The molecule has 3 aromatic rings. The average molecular weight is 416 g/mol. The molecule has 31 heavy (non-hydrogen) atoms. The van der Waals surface area contributed by atoms with Crippen LogP contribution in [0.1, 0.15) is 11.1 Å². The minimum absolute atomic E-state index is 0.0736. The molecule has 2 aliphatic heterocycles. The molecule has 5 heteroatoms. The average Bonchev–Trinajstić information content (AvgIpc) is 2.83. The van der Waals surface area contributed by atoms with Crippen molar-refractivity contribution in [3.05, 3.63) is 95.8 Å². The van der Waals surface area contributed by atoms with Crippen LogP contribution in [0.15, 0.2) is 78.9 Å². The maximum absolute atomic E-state index is 13.4. The molecule has 0 unspecified atom stereocenters. The van der Waals surface area contributed by atoms with Gasteiger partial charge >= 0.3 is 0 Å². The van der Waals surface area contributed by atoms with Crippen molar-refractivity contribution < 1.29 is 9.18 Å². The maximum Gasteiger partial charge on any atom is 0.225 e. The number of nitrogens with zero attached hydrogens (tertiary/aromatic N) is 2. The summed E-state index contributed by atoms with van der Waals surface area (Å²) in [4.78, 5) is 18.0. The van der Waals surface area contributed by atoms with Crippen molar-refractivity contribution in [2.24, 2.45) is 5.92 Å². The molecule has 0 aliphatic carbocycles. The van der Waals surface area contributed by atoms with E-state index in [4.69, 9.17) is 0 Å². The van der Waals surface area contributed by atoms with Crippen molar-refractivity contribution in [2.45, 2.75) is 19.0 Å². The smallest absolute Gasteiger partial charge is 0.225 e. The van der Waals surface area contributed by atoms with Gasteiger partial charge in [0.15, 0.2) is 0 Å². The first-order chi connectivity index (χ1) is 15.2. The number of amides is 1. The summed E-state index contributed by atoms with van der Waals surface area (Å²) in [6, 6.07) is 25.1. The van der Waals surface area contributed by atoms with Crippen molar-refractivity contribution in [1.82, 2.24) is 5.32 Å². The molecule has 0 aromatic heterocycles. The number of benzene rings is 3. The summed E-state index contributed by atoms with van der Waals surface area (Å²) in [5.41, 5.74) is 4.57. The standard InChI is InChI=1S/C26H26FN3O/c27-21-10-12-22(13-11-21)29-14-15-30-24-9-5-4-8-20(24)16-23(25(30)18-29)26(31)28-17-19-6-2-1-3-7-19/h1-13,23,25H,14-18H2,(H,28,31)/t23-,25-/m1/s1. The fraction of sp³-hybridized carbons (Fsp3) is 0.269. The molecule has 0 bridgehead atoms. The summed E-state index contributed by atoms with van der Waals surface area (Å²) in [6.45, 7) is 2.95. The molecule has 158 valence electrons. The molecule has 1 fully saturated rings. The van der Waals surface area contributed by atoms with Crippen LogP contribution < -0.4 is 15.1 Å². The Morgan fingerprint density at radius 1 is 0.935 bits per heavy atom. The number of para-hydroxylation sites is 1. The van der Waals surface area contributed by atoms with Gasteiger partial charge in [-0.3, -0.25) is 4.79 Å². The number of carbonyl (C=O) groups excluding carboxylic acids is 1. The van der Waals surface area contributed by atoms with Gasteiger partial charge in [-0.15, -0.1) is 0 Å². The predicted molar refractivity (Wildman–Crippen MR) is 122 cm³/mol. The van der Waals surface area contributed by atoms with E-state index in [0.29, 0.717) is 6.54 Å². The lowest BCUT2D eigenvalue weighted by Crippen LogP contribution is -2.61. The number of halogens is 1. The molecule has 2 heterocycles. The first-order valence-corrected chi connectivity index (χ1v) is 10.9. The Balaban J connectivity index is 1.39. The van der Waals surface area contributed by atoms with E-state index in [2.05, 4.69) is 33.3 Å². The SMILES string of the molecule is O=C(NCc1ccccc1)[C@@H]1Cc2ccccc2N2CCN(c3ccc(F)cc3)C[C@H]12. The number of hydrogen-bond acceptors (Lipinski definition) is 3. The Labute approximate surface area is 182 Å². The van der Waals surface area contributed by atoms with Crippen LogP contribution in [-0.4, -0.2) is 31.6 Å². The van der Waals surface area contributed by atoms with Crippen LogP contribution in [0.2, 0.25) is 0 Å². The second-order valence-corrected chi connectivity index (χ2v) is 8.33. The maximum atomic E-state index is 13.4. The first-order valence-electron chi connectivity index (χ1n) is 10.9. The van der Waals surface area contributed by atoms with Crippen molar-refractivity contribution in [1.29, 1.82) is 0 Å². The van der Waals surface area contributed by atoms with Gasteiger partial charge in [0.1, 0.15) is 5.82 Å². The first kappa shape index (κ1) is 19.6. The number of hydrogen-bond donors (Lipinski definition) is 1. The molecule has 0 radical (unpaired) electrons. The highest BCUT2D eigenvalue weighted by Gasteiger charge is 2.41. The molecule has 0 saturated carbocycles. The largest absolute Gasteiger partial charge is 0.368 e. The summed E-state index contributed by atoms with van der Waals surface area (Å²) >= 11 is 0. The topological polar surface area (TPSA) is 35.6 Å². The van der Waals surface area contributed by atoms with Gasteiger partial charge in [-0.25, -0.2) is 4.39 Å². The molecule has 5 rings (SSSR count). The summed E-state index contributed by atoms with van der Waals surface area (Å²) in [6.07, 6.45) is 0.731. The molecule has 3 aromatic carbocycles.